The van der Waals surface area contributed by atoms with E-state index in [1.165, 1.54) is 28.1 Å². The van der Waals surface area contributed by atoms with Gasteiger partial charge in [0.25, 0.3) is 0 Å². The van der Waals surface area contributed by atoms with Crippen LogP contribution < -0.4 is 5.73 Å². The van der Waals surface area contributed by atoms with Crippen molar-refractivity contribution in [3.8, 4) is 11.8 Å². The van der Waals surface area contributed by atoms with E-state index >= 15 is 0 Å². The van der Waals surface area contributed by atoms with E-state index in [1.54, 1.807) is 12.5 Å². The molecule has 0 unspecified atom stereocenters. The summed E-state index contributed by atoms with van der Waals surface area (Å²) in [7, 11) is 0. The molecule has 0 saturated carbocycles. The van der Waals surface area contributed by atoms with Gasteiger partial charge in [0, 0.05) is 0 Å². The van der Waals surface area contributed by atoms with Crippen molar-refractivity contribution >= 4 is 87.5 Å². The second-order valence-electron chi connectivity index (χ2n) is 5.56. The maximum atomic E-state index is 14.0. The topological polar surface area (TPSA) is 54.7 Å². The van der Waals surface area contributed by atoms with Gasteiger partial charge in [0.1, 0.15) is 11.9 Å². The summed E-state index contributed by atoms with van der Waals surface area (Å²) in [6.45, 7) is 0. The number of hydrogen-bond donors (Lipinski definition) is 1. The Labute approximate surface area is 202 Å². The fourth-order valence-corrected chi connectivity index (χ4v) is 6.10. The van der Waals surface area contributed by atoms with Gasteiger partial charge in [-0.3, -0.25) is 4.57 Å². The molecule has 30 heavy (non-hydrogen) atoms. The van der Waals surface area contributed by atoms with Crippen LogP contribution in [0, 0.1) is 11.3 Å². The van der Waals surface area contributed by atoms with Gasteiger partial charge < -0.3 is 5.73 Å². The molecule has 2 aromatic rings. The third kappa shape index (κ3) is 5.37. The number of nitriles is 1. The molecule has 2 N–H and O–H groups in total. The Bertz CT molecular complexity index is 973. The Morgan fingerprint density at radius 3 is 1.97 bits per heavy atom. The van der Waals surface area contributed by atoms with Crippen molar-refractivity contribution < 1.29 is 17.6 Å². The van der Waals surface area contributed by atoms with Gasteiger partial charge >= 0.3 is 10.1 Å². The number of thioether (sulfide) groups is 3. The molecule has 0 radical (unpaired) electrons. The molecule has 0 aliphatic heterocycles. The van der Waals surface area contributed by atoms with Crippen molar-refractivity contribution in [2.45, 2.75) is 19.6 Å². The molecule has 0 fully saturated rings. The molecule has 0 aliphatic rings. The first-order valence-electron chi connectivity index (χ1n) is 7.58. The quantitative estimate of drug-likeness (QED) is 0.168. The Kier molecular flexibility index (Phi) is 8.39. The fraction of sp³-hybridized carbons (Fsp3) is 0.312. The summed E-state index contributed by atoms with van der Waals surface area (Å²) in [5.74, 6) is -0.188. The molecule has 0 amide bonds. The minimum absolute atomic E-state index is 0.0402. The number of rotatable bonds is 6. The van der Waals surface area contributed by atoms with E-state index in [4.69, 9.17) is 52.1 Å². The van der Waals surface area contributed by atoms with E-state index < -0.39 is 20.2 Å². The van der Waals surface area contributed by atoms with Crippen molar-refractivity contribution in [1.29, 1.82) is 5.26 Å². The van der Waals surface area contributed by atoms with Crippen LogP contribution in [0.5, 0.6) is 0 Å². The number of nitrogens with zero attached hydrogens (tertiary/aromatic N) is 2. The lowest BCUT2D eigenvalue weighted by atomic mass is 10.2. The predicted molar refractivity (Wildman–Crippen MR) is 121 cm³/mol. The van der Waals surface area contributed by atoms with Crippen LogP contribution in [0.2, 0.25) is 10.0 Å². The van der Waals surface area contributed by atoms with Crippen molar-refractivity contribution in [3.05, 3.63) is 39.0 Å². The lowest BCUT2D eigenvalue weighted by Gasteiger charge is -2.20. The van der Waals surface area contributed by atoms with E-state index in [0.717, 1.165) is 0 Å². The number of halogens is 8. The molecule has 164 valence electrons. The minimum atomic E-state index is -4.68. The van der Waals surface area contributed by atoms with Gasteiger partial charge in [-0.05, 0) is 36.4 Å². The van der Waals surface area contributed by atoms with Gasteiger partial charge in [-0.2, -0.15) is 22.8 Å². The molecule has 0 saturated heterocycles. The highest BCUT2D eigenvalue weighted by Gasteiger charge is 2.36. The smallest absolute Gasteiger partial charge is 0.384 e. The van der Waals surface area contributed by atoms with Crippen LogP contribution in [0.15, 0.2) is 17.0 Å². The lowest BCUT2D eigenvalue weighted by molar-refractivity contribution is -0.137. The molecular formula is C16H11Cl4F4N3S3. The zero-order valence-electron chi connectivity index (χ0n) is 15.0. The summed E-state index contributed by atoms with van der Waals surface area (Å²) in [5, 5.41) is 9.02. The summed E-state index contributed by atoms with van der Waals surface area (Å²) in [4.78, 5) is -0.0832. The van der Waals surface area contributed by atoms with Crippen LogP contribution in [-0.2, 0) is 6.18 Å². The van der Waals surface area contributed by atoms with E-state index in [0.29, 0.717) is 12.1 Å². The number of alkyl halides is 6. The van der Waals surface area contributed by atoms with Crippen LogP contribution in [0.3, 0.4) is 0 Å². The minimum Gasteiger partial charge on any atom is -0.384 e. The third-order valence-electron chi connectivity index (χ3n) is 3.75. The van der Waals surface area contributed by atoms with Crippen LogP contribution >= 0.6 is 81.7 Å². The molecule has 1 aromatic heterocycles. The SMILES string of the molecule is CSC(SC)c1c(C#N)c(SC(F)(Cl)Cl)c(N)n1-c1c(Cl)cc(C(F)(F)F)cc1Cl. The number of benzene rings is 1. The maximum absolute atomic E-state index is 14.0. The number of aromatic nitrogens is 1. The number of nitrogens with two attached hydrogens (primary N) is 1. The molecule has 0 spiro atoms. The third-order valence-corrected chi connectivity index (χ3v) is 8.09. The molecular weight excluding hydrogens is 548 g/mol. The van der Waals surface area contributed by atoms with Crippen LogP contribution in [0.1, 0.15) is 21.4 Å². The lowest BCUT2D eigenvalue weighted by Crippen LogP contribution is -2.10. The van der Waals surface area contributed by atoms with Crippen molar-refractivity contribution in [1.82, 2.24) is 4.57 Å². The van der Waals surface area contributed by atoms with Gasteiger partial charge in [-0.1, -0.05) is 46.4 Å². The summed E-state index contributed by atoms with van der Waals surface area (Å²) < 4.78 is 51.3. The van der Waals surface area contributed by atoms with Gasteiger partial charge in [-0.15, -0.1) is 23.5 Å². The summed E-state index contributed by atoms with van der Waals surface area (Å²) in [6.07, 6.45) is -1.18. The van der Waals surface area contributed by atoms with Crippen molar-refractivity contribution in [3.63, 3.8) is 0 Å². The Hall–Kier alpha value is -0.280. The molecule has 2 rings (SSSR count). The molecule has 0 aliphatic carbocycles. The predicted octanol–water partition coefficient (Wildman–Crippen LogP) is 8.13. The summed E-state index contributed by atoms with van der Waals surface area (Å²) >= 11 is 26.1. The summed E-state index contributed by atoms with van der Waals surface area (Å²) in [5.41, 5.74) is 5.26. The van der Waals surface area contributed by atoms with E-state index in [-0.39, 0.29) is 49.5 Å². The highest BCUT2D eigenvalue weighted by atomic mass is 35.5. The fourth-order valence-electron chi connectivity index (χ4n) is 2.64. The zero-order valence-corrected chi connectivity index (χ0v) is 20.4. The van der Waals surface area contributed by atoms with E-state index in [2.05, 4.69) is 0 Å². The Morgan fingerprint density at radius 1 is 1.10 bits per heavy atom. The average Bonchev–Trinajstić information content (AvgIpc) is 2.86. The zero-order chi connectivity index (χ0) is 23.0. The normalized spacial score (nSPS) is 12.5. The van der Waals surface area contributed by atoms with Gasteiger partial charge in [0.15, 0.2) is 0 Å². The Balaban J connectivity index is 2.94. The molecule has 3 nitrogen and oxygen atoms in total. The van der Waals surface area contributed by atoms with Crippen LogP contribution in [0.25, 0.3) is 5.69 Å². The first-order chi connectivity index (χ1) is 13.8. The molecule has 1 aromatic carbocycles. The number of nitrogen functional groups attached to an aromatic ring is 1. The van der Waals surface area contributed by atoms with Gasteiger partial charge in [0.2, 0.25) is 0 Å². The first-order valence-corrected chi connectivity index (χ1v) is 12.5. The van der Waals surface area contributed by atoms with Crippen molar-refractivity contribution in [2.75, 3.05) is 18.2 Å². The maximum Gasteiger partial charge on any atom is 0.416 e. The summed E-state index contributed by atoms with van der Waals surface area (Å²) in [6, 6.07) is 3.33. The number of hydrogen-bond acceptors (Lipinski definition) is 5. The monoisotopic (exact) mass is 557 g/mol. The average molecular weight is 559 g/mol. The molecule has 1 heterocycles. The molecule has 14 heteroatoms. The van der Waals surface area contributed by atoms with Gasteiger partial charge in [-0.25, -0.2) is 0 Å². The van der Waals surface area contributed by atoms with E-state index in [1.807, 2.05) is 6.07 Å². The van der Waals surface area contributed by atoms with Crippen LogP contribution in [-0.4, -0.2) is 21.0 Å². The van der Waals surface area contributed by atoms with Gasteiger partial charge in [0.05, 0.1) is 42.0 Å². The molecule has 0 bridgehead atoms. The largest absolute Gasteiger partial charge is 0.416 e. The van der Waals surface area contributed by atoms with Crippen molar-refractivity contribution in [2.24, 2.45) is 0 Å². The first kappa shape index (κ1) is 26.0. The Morgan fingerprint density at radius 2 is 1.60 bits per heavy atom. The highest BCUT2D eigenvalue weighted by Crippen LogP contribution is 2.52. The standard InChI is InChI=1S/C16H11Cl4F4N3S3/c1-28-14(29-2)10-7(5-25)12(30-16(19,20)24)13(26)27(10)11-8(17)3-6(4-9(11)18)15(21,22)23/h3-4,14H,26H2,1-2H3. The molecule has 0 atom stereocenters. The number of anilines is 1. The van der Waals surface area contributed by atoms with E-state index in [9.17, 15) is 22.8 Å². The second kappa shape index (κ2) is 9.69. The highest BCUT2D eigenvalue weighted by molar-refractivity contribution is 8.15. The van der Waals surface area contributed by atoms with Crippen LogP contribution in [0.4, 0.5) is 23.4 Å². The second-order valence-corrected chi connectivity index (χ2v) is 11.4.